The summed E-state index contributed by atoms with van der Waals surface area (Å²) in [4.78, 5) is 0. The summed E-state index contributed by atoms with van der Waals surface area (Å²) in [6.07, 6.45) is 1.92. The van der Waals surface area contributed by atoms with E-state index in [1.54, 1.807) is 6.07 Å². The molecule has 0 bridgehead atoms. The third-order valence-electron chi connectivity index (χ3n) is 3.12. The van der Waals surface area contributed by atoms with E-state index in [1.165, 1.54) is 0 Å². The maximum atomic E-state index is 11.7. The minimum atomic E-state index is -3.03. The number of nitrogens with zero attached hydrogens (tertiary/aromatic N) is 1. The zero-order chi connectivity index (χ0) is 11.2. The van der Waals surface area contributed by atoms with Crippen molar-refractivity contribution in [1.29, 1.82) is 0 Å². The molecule has 5 nitrogen and oxygen atoms in total. The molecular formula is C10H14N2O3S. The van der Waals surface area contributed by atoms with Gasteiger partial charge in [-0.2, -0.15) is 0 Å². The van der Waals surface area contributed by atoms with Crippen LogP contribution in [-0.4, -0.2) is 38.5 Å². The predicted molar refractivity (Wildman–Crippen MR) is 58.0 cm³/mol. The van der Waals surface area contributed by atoms with Crippen molar-refractivity contribution in [3.05, 3.63) is 17.8 Å². The molecular weight excluding hydrogens is 228 g/mol. The van der Waals surface area contributed by atoms with Crippen molar-refractivity contribution in [2.45, 2.75) is 17.6 Å². The highest BCUT2D eigenvalue weighted by Crippen LogP contribution is 2.26. The average Bonchev–Trinajstić information content (AvgIpc) is 2.82. The van der Waals surface area contributed by atoms with Crippen LogP contribution in [0.2, 0.25) is 0 Å². The zero-order valence-electron chi connectivity index (χ0n) is 8.85. The summed E-state index contributed by atoms with van der Waals surface area (Å²) in [5.41, 5.74) is 1.01. The van der Waals surface area contributed by atoms with Crippen molar-refractivity contribution in [2.75, 3.05) is 25.5 Å². The molecule has 1 aromatic rings. The summed E-state index contributed by atoms with van der Waals surface area (Å²) in [7, 11) is -3.03. The molecule has 1 fully saturated rings. The van der Waals surface area contributed by atoms with Gasteiger partial charge in [0.15, 0.2) is 9.84 Å². The van der Waals surface area contributed by atoms with Gasteiger partial charge in [0.1, 0.15) is 5.03 Å². The number of aromatic nitrogens is 1. The molecule has 6 heteroatoms. The maximum Gasteiger partial charge on any atom is 0.195 e. The molecule has 0 spiro atoms. The standard InChI is InChI=1S/C10H14N2O3S/c13-16(14)4-2-12-6-8(5-10(12)16)9-7-15-3-1-11-9/h5-6,9,11H,1-4,7H2. The van der Waals surface area contributed by atoms with Gasteiger partial charge >= 0.3 is 0 Å². The summed E-state index contributed by atoms with van der Waals surface area (Å²) in [6.45, 7) is 2.73. The lowest BCUT2D eigenvalue weighted by atomic mass is 10.1. The van der Waals surface area contributed by atoms with Crippen molar-refractivity contribution in [3.63, 3.8) is 0 Å². The van der Waals surface area contributed by atoms with E-state index in [4.69, 9.17) is 4.74 Å². The Morgan fingerprint density at radius 2 is 2.38 bits per heavy atom. The largest absolute Gasteiger partial charge is 0.378 e. The van der Waals surface area contributed by atoms with Crippen molar-refractivity contribution >= 4 is 9.84 Å². The number of sulfone groups is 1. The van der Waals surface area contributed by atoms with E-state index in [9.17, 15) is 8.42 Å². The van der Waals surface area contributed by atoms with E-state index in [2.05, 4.69) is 5.32 Å². The molecule has 1 unspecified atom stereocenters. The number of hydrogen-bond acceptors (Lipinski definition) is 4. The van der Waals surface area contributed by atoms with Crippen LogP contribution in [0.5, 0.6) is 0 Å². The Bertz CT molecular complexity index is 500. The summed E-state index contributed by atoms with van der Waals surface area (Å²) < 4.78 is 30.5. The zero-order valence-corrected chi connectivity index (χ0v) is 9.66. The molecule has 3 heterocycles. The molecule has 1 aromatic heterocycles. The Labute approximate surface area is 94.3 Å². The number of ether oxygens (including phenoxy) is 1. The lowest BCUT2D eigenvalue weighted by molar-refractivity contribution is 0.0768. The fourth-order valence-corrected chi connectivity index (χ4v) is 3.71. The molecule has 1 saturated heterocycles. The first-order chi connectivity index (χ1) is 7.67. The lowest BCUT2D eigenvalue weighted by Gasteiger charge is -2.22. The molecule has 0 aromatic carbocycles. The van der Waals surface area contributed by atoms with Crippen LogP contribution in [0.4, 0.5) is 0 Å². The number of nitrogens with one attached hydrogen (secondary N) is 1. The quantitative estimate of drug-likeness (QED) is 0.749. The van der Waals surface area contributed by atoms with Gasteiger partial charge in [0.2, 0.25) is 0 Å². The third kappa shape index (κ3) is 1.57. The molecule has 0 radical (unpaired) electrons. The van der Waals surface area contributed by atoms with Crippen molar-refractivity contribution in [3.8, 4) is 0 Å². The smallest absolute Gasteiger partial charge is 0.195 e. The molecule has 1 N–H and O–H groups in total. The van der Waals surface area contributed by atoms with Gasteiger partial charge in [-0.3, -0.25) is 0 Å². The van der Waals surface area contributed by atoms with Crippen LogP contribution in [0.3, 0.4) is 0 Å². The van der Waals surface area contributed by atoms with E-state index < -0.39 is 9.84 Å². The Morgan fingerprint density at radius 1 is 1.50 bits per heavy atom. The third-order valence-corrected chi connectivity index (χ3v) is 4.83. The summed E-state index contributed by atoms with van der Waals surface area (Å²) in [5.74, 6) is 0.233. The summed E-state index contributed by atoms with van der Waals surface area (Å²) in [6, 6.07) is 1.90. The van der Waals surface area contributed by atoms with Gasteiger partial charge in [-0.25, -0.2) is 8.42 Å². The second-order valence-corrected chi connectivity index (χ2v) is 6.26. The van der Waals surface area contributed by atoms with Crippen LogP contribution >= 0.6 is 0 Å². The van der Waals surface area contributed by atoms with E-state index in [1.807, 2.05) is 10.8 Å². The molecule has 0 aliphatic carbocycles. The minimum absolute atomic E-state index is 0.127. The van der Waals surface area contributed by atoms with Gasteiger partial charge in [-0.1, -0.05) is 0 Å². The van der Waals surface area contributed by atoms with Gasteiger partial charge < -0.3 is 14.6 Å². The predicted octanol–water partition coefficient (Wildman–Crippen LogP) is -0.0637. The van der Waals surface area contributed by atoms with E-state index in [0.29, 0.717) is 18.2 Å². The highest BCUT2D eigenvalue weighted by molar-refractivity contribution is 7.91. The van der Waals surface area contributed by atoms with Crippen molar-refractivity contribution in [2.24, 2.45) is 0 Å². The van der Waals surface area contributed by atoms with Gasteiger partial charge in [0, 0.05) is 19.3 Å². The van der Waals surface area contributed by atoms with Crippen molar-refractivity contribution in [1.82, 2.24) is 9.88 Å². The van der Waals surface area contributed by atoms with Crippen LogP contribution in [0.15, 0.2) is 17.3 Å². The first-order valence-corrected chi connectivity index (χ1v) is 7.06. The van der Waals surface area contributed by atoms with Crippen LogP contribution < -0.4 is 5.32 Å². The number of hydrogen-bond donors (Lipinski definition) is 1. The molecule has 1 atom stereocenters. The molecule has 2 aliphatic heterocycles. The van der Waals surface area contributed by atoms with Crippen molar-refractivity contribution < 1.29 is 13.2 Å². The lowest BCUT2D eigenvalue weighted by Crippen LogP contribution is -2.34. The Kier molecular flexibility index (Phi) is 2.31. The molecule has 16 heavy (non-hydrogen) atoms. The number of rotatable bonds is 1. The molecule has 88 valence electrons. The first-order valence-electron chi connectivity index (χ1n) is 5.41. The van der Waals surface area contributed by atoms with Crippen LogP contribution in [0.25, 0.3) is 0 Å². The SMILES string of the molecule is O=S1(=O)CCn2cc(C3COCCN3)cc21. The van der Waals surface area contributed by atoms with E-state index >= 15 is 0 Å². The highest BCUT2D eigenvalue weighted by Gasteiger charge is 2.29. The van der Waals surface area contributed by atoms with Gasteiger partial charge in [-0.05, 0) is 11.6 Å². The monoisotopic (exact) mass is 242 g/mol. The highest BCUT2D eigenvalue weighted by atomic mass is 32.2. The average molecular weight is 242 g/mol. The Hall–Kier alpha value is -0.850. The van der Waals surface area contributed by atoms with E-state index in [0.717, 1.165) is 18.7 Å². The molecule has 0 saturated carbocycles. The normalized spacial score (nSPS) is 27.9. The topological polar surface area (TPSA) is 60.3 Å². The van der Waals surface area contributed by atoms with Gasteiger partial charge in [0.25, 0.3) is 0 Å². The van der Waals surface area contributed by atoms with Gasteiger partial charge in [0.05, 0.1) is 25.0 Å². The van der Waals surface area contributed by atoms with Gasteiger partial charge in [-0.15, -0.1) is 0 Å². The second-order valence-electron chi connectivity index (χ2n) is 4.21. The fourth-order valence-electron chi connectivity index (χ4n) is 2.24. The second kappa shape index (κ2) is 3.58. The summed E-state index contributed by atoms with van der Waals surface area (Å²) in [5, 5.41) is 3.77. The molecule has 0 amide bonds. The molecule has 2 aliphatic rings. The maximum absolute atomic E-state index is 11.7. The first kappa shape index (κ1) is 10.3. The van der Waals surface area contributed by atoms with Crippen LogP contribution in [-0.2, 0) is 21.1 Å². The fraction of sp³-hybridized carbons (Fsp3) is 0.600. The molecule has 3 rings (SSSR count). The van der Waals surface area contributed by atoms with E-state index in [-0.39, 0.29) is 11.8 Å². The minimum Gasteiger partial charge on any atom is -0.378 e. The van der Waals surface area contributed by atoms with Crippen LogP contribution in [0, 0.1) is 0 Å². The number of morpholine rings is 1. The number of aryl methyl sites for hydroxylation is 1. The van der Waals surface area contributed by atoms with Crippen LogP contribution in [0.1, 0.15) is 11.6 Å². The number of fused-ring (bicyclic) bond motifs is 1. The Balaban J connectivity index is 1.94. The summed E-state index contributed by atoms with van der Waals surface area (Å²) >= 11 is 0. The Morgan fingerprint density at radius 3 is 3.06 bits per heavy atom.